The first-order chi connectivity index (χ1) is 13.7. The number of benzene rings is 3. The molecule has 0 spiro atoms. The molecular formula is C20H19NO6S2. The normalized spacial score (nSPS) is 11.9. The molecule has 9 heteroatoms. The van der Waals surface area contributed by atoms with Gasteiger partial charge in [-0.05, 0) is 41.2 Å². The van der Waals surface area contributed by atoms with Crippen molar-refractivity contribution in [3.05, 3.63) is 101 Å². The maximum atomic E-state index is 11.8. The standard InChI is InChI=1S/C20H19NO6S2/c22-28(23,24)21(29(25,26)27)20-13-7-12-18(14-16-8-3-1-4-9-16)19(20)15-17-10-5-2-6-11-17/h1-13H,14-15H2,(H,22,23,24)(H,25,26,27). The summed E-state index contributed by atoms with van der Waals surface area (Å²) in [4.78, 5) is 0. The maximum absolute atomic E-state index is 11.8. The Morgan fingerprint density at radius 3 is 1.59 bits per heavy atom. The Bertz CT molecular complexity index is 1160. The molecule has 3 aromatic carbocycles. The van der Waals surface area contributed by atoms with Gasteiger partial charge in [0.15, 0.2) is 0 Å². The smallest absolute Gasteiger partial charge is 0.268 e. The fourth-order valence-electron chi connectivity index (χ4n) is 3.15. The van der Waals surface area contributed by atoms with Crippen LogP contribution in [0.15, 0.2) is 78.9 Å². The Hall–Kier alpha value is -2.72. The van der Waals surface area contributed by atoms with Gasteiger partial charge in [-0.3, -0.25) is 9.11 Å². The minimum atomic E-state index is -5.28. The van der Waals surface area contributed by atoms with E-state index in [1.165, 1.54) is 12.1 Å². The van der Waals surface area contributed by atoms with Crippen molar-refractivity contribution in [2.45, 2.75) is 12.8 Å². The van der Waals surface area contributed by atoms with Crippen molar-refractivity contribution in [3.8, 4) is 0 Å². The van der Waals surface area contributed by atoms with E-state index < -0.39 is 20.6 Å². The third-order valence-corrected chi connectivity index (χ3v) is 6.69. The summed E-state index contributed by atoms with van der Waals surface area (Å²) < 4.78 is 65.8. The Labute approximate surface area is 170 Å². The van der Waals surface area contributed by atoms with Gasteiger partial charge in [0.25, 0.3) is 0 Å². The van der Waals surface area contributed by atoms with Crippen LogP contribution in [-0.2, 0) is 33.4 Å². The van der Waals surface area contributed by atoms with E-state index in [4.69, 9.17) is 0 Å². The summed E-state index contributed by atoms with van der Waals surface area (Å²) in [6.45, 7) is 0. The van der Waals surface area contributed by atoms with Crippen LogP contribution >= 0.6 is 0 Å². The summed E-state index contributed by atoms with van der Waals surface area (Å²) >= 11 is 0. The van der Waals surface area contributed by atoms with Gasteiger partial charge in [0.1, 0.15) is 0 Å². The summed E-state index contributed by atoms with van der Waals surface area (Å²) in [5.74, 6) is 0. The molecule has 0 aliphatic carbocycles. The fraction of sp³-hybridized carbons (Fsp3) is 0.100. The zero-order chi connectivity index (χ0) is 21.1. The molecule has 0 saturated carbocycles. The molecule has 2 N–H and O–H groups in total. The number of rotatable bonds is 7. The zero-order valence-corrected chi connectivity index (χ0v) is 16.8. The van der Waals surface area contributed by atoms with Gasteiger partial charge in [-0.25, -0.2) is 0 Å². The molecule has 3 rings (SSSR count). The number of nitrogens with zero attached hydrogens (tertiary/aromatic N) is 1. The highest BCUT2D eigenvalue weighted by atomic mass is 32.3. The van der Waals surface area contributed by atoms with Gasteiger partial charge in [0.05, 0.1) is 5.69 Å². The lowest BCUT2D eigenvalue weighted by atomic mass is 9.94. The van der Waals surface area contributed by atoms with E-state index >= 15 is 0 Å². The van der Waals surface area contributed by atoms with Crippen LogP contribution in [0.5, 0.6) is 0 Å². The Morgan fingerprint density at radius 2 is 1.10 bits per heavy atom. The minimum Gasteiger partial charge on any atom is -0.268 e. The first kappa shape index (κ1) is 21.0. The molecule has 0 atom stereocenters. The summed E-state index contributed by atoms with van der Waals surface area (Å²) in [5, 5.41) is 0. The lowest BCUT2D eigenvalue weighted by Crippen LogP contribution is -2.36. The summed E-state index contributed by atoms with van der Waals surface area (Å²) in [5.41, 5.74) is 2.43. The molecule has 152 valence electrons. The maximum Gasteiger partial charge on any atom is 0.375 e. The van der Waals surface area contributed by atoms with Gasteiger partial charge in [-0.15, -0.1) is 3.71 Å². The Balaban J connectivity index is 2.21. The van der Waals surface area contributed by atoms with E-state index in [1.807, 2.05) is 48.5 Å². The Morgan fingerprint density at radius 1 is 0.621 bits per heavy atom. The summed E-state index contributed by atoms with van der Waals surface area (Å²) in [6, 6.07) is 22.9. The molecule has 0 saturated heterocycles. The van der Waals surface area contributed by atoms with E-state index in [9.17, 15) is 25.9 Å². The van der Waals surface area contributed by atoms with Crippen molar-refractivity contribution in [1.82, 2.24) is 0 Å². The zero-order valence-electron chi connectivity index (χ0n) is 15.2. The lowest BCUT2D eigenvalue weighted by molar-refractivity contribution is 0.465. The van der Waals surface area contributed by atoms with E-state index in [0.717, 1.165) is 11.1 Å². The highest BCUT2D eigenvalue weighted by molar-refractivity contribution is 8.05. The molecule has 0 amide bonds. The van der Waals surface area contributed by atoms with Gasteiger partial charge in [-0.1, -0.05) is 72.8 Å². The Kier molecular flexibility index (Phi) is 6.04. The monoisotopic (exact) mass is 433 g/mol. The van der Waals surface area contributed by atoms with Crippen LogP contribution in [0.2, 0.25) is 0 Å². The summed E-state index contributed by atoms with van der Waals surface area (Å²) in [7, 11) is -10.6. The molecule has 0 bridgehead atoms. The van der Waals surface area contributed by atoms with Crippen LogP contribution in [0.4, 0.5) is 5.69 Å². The van der Waals surface area contributed by atoms with E-state index in [2.05, 4.69) is 0 Å². The van der Waals surface area contributed by atoms with Crippen molar-refractivity contribution in [2.24, 2.45) is 0 Å². The highest BCUT2D eigenvalue weighted by Gasteiger charge is 2.34. The average molecular weight is 434 g/mol. The van der Waals surface area contributed by atoms with Crippen molar-refractivity contribution >= 4 is 26.3 Å². The highest BCUT2D eigenvalue weighted by Crippen LogP contribution is 2.31. The second kappa shape index (κ2) is 8.34. The molecule has 29 heavy (non-hydrogen) atoms. The van der Waals surface area contributed by atoms with Crippen LogP contribution in [0.3, 0.4) is 0 Å². The predicted molar refractivity (Wildman–Crippen MR) is 111 cm³/mol. The first-order valence-corrected chi connectivity index (χ1v) is 11.4. The van der Waals surface area contributed by atoms with Crippen LogP contribution in [0, 0.1) is 0 Å². The molecular weight excluding hydrogens is 414 g/mol. The second-order valence-corrected chi connectivity index (χ2v) is 9.15. The van der Waals surface area contributed by atoms with Crippen LogP contribution < -0.4 is 3.71 Å². The molecule has 7 nitrogen and oxygen atoms in total. The minimum absolute atomic E-state index is 0.195. The second-order valence-electron chi connectivity index (χ2n) is 6.39. The van der Waals surface area contributed by atoms with Crippen LogP contribution in [-0.4, -0.2) is 25.9 Å². The molecule has 0 aromatic heterocycles. The van der Waals surface area contributed by atoms with Crippen LogP contribution in [0.1, 0.15) is 22.3 Å². The number of anilines is 1. The van der Waals surface area contributed by atoms with Crippen molar-refractivity contribution in [3.63, 3.8) is 0 Å². The molecule has 3 aromatic rings. The van der Waals surface area contributed by atoms with Crippen molar-refractivity contribution < 1.29 is 25.9 Å². The molecule has 0 aliphatic heterocycles. The SMILES string of the molecule is O=S(=O)(O)N(c1cccc(Cc2ccccc2)c1Cc1ccccc1)S(=O)(=O)O. The molecule has 0 radical (unpaired) electrons. The fourth-order valence-corrected chi connectivity index (χ4v) is 4.94. The van der Waals surface area contributed by atoms with Gasteiger partial charge in [-0.2, -0.15) is 16.8 Å². The van der Waals surface area contributed by atoms with E-state index in [1.54, 1.807) is 18.2 Å². The van der Waals surface area contributed by atoms with Crippen molar-refractivity contribution in [1.29, 1.82) is 0 Å². The molecule has 0 heterocycles. The van der Waals surface area contributed by atoms with Gasteiger partial charge >= 0.3 is 20.6 Å². The largest absolute Gasteiger partial charge is 0.375 e. The van der Waals surface area contributed by atoms with Crippen molar-refractivity contribution in [2.75, 3.05) is 3.71 Å². The molecule has 0 fully saturated rings. The lowest BCUT2D eigenvalue weighted by Gasteiger charge is -2.22. The quantitative estimate of drug-likeness (QED) is 0.553. The molecule has 0 unspecified atom stereocenters. The van der Waals surface area contributed by atoms with Gasteiger partial charge in [0.2, 0.25) is 0 Å². The first-order valence-electron chi connectivity index (χ1n) is 8.60. The number of hydrogen-bond acceptors (Lipinski definition) is 4. The average Bonchev–Trinajstić information content (AvgIpc) is 2.64. The summed E-state index contributed by atoms with van der Waals surface area (Å²) in [6.07, 6.45) is 0.600. The number of hydrogen-bond donors (Lipinski definition) is 2. The topological polar surface area (TPSA) is 112 Å². The van der Waals surface area contributed by atoms with Gasteiger partial charge < -0.3 is 0 Å². The third-order valence-electron chi connectivity index (χ3n) is 4.33. The van der Waals surface area contributed by atoms with Gasteiger partial charge in [0, 0.05) is 0 Å². The third kappa shape index (κ3) is 5.21. The predicted octanol–water partition coefficient (Wildman–Crippen LogP) is 3.28. The molecule has 0 aliphatic rings. The van der Waals surface area contributed by atoms with Crippen LogP contribution in [0.25, 0.3) is 0 Å². The van der Waals surface area contributed by atoms with E-state index in [0.29, 0.717) is 17.5 Å². The van der Waals surface area contributed by atoms with E-state index in [-0.39, 0.29) is 15.8 Å².